The molecule has 1 atom stereocenters. The number of carbonyl (C=O) groups is 1. The Balaban J connectivity index is 3.08. The molecule has 0 aromatic heterocycles. The zero-order chi connectivity index (χ0) is 10.0. The van der Waals surface area contributed by atoms with Gasteiger partial charge in [-0.2, -0.15) is 0 Å². The van der Waals surface area contributed by atoms with Crippen LogP contribution in [-0.2, 0) is 4.79 Å². The fourth-order valence-corrected chi connectivity index (χ4v) is 1.15. The summed E-state index contributed by atoms with van der Waals surface area (Å²) < 4.78 is 0. The first-order valence-corrected chi connectivity index (χ1v) is 4.12. The van der Waals surface area contributed by atoms with E-state index in [0.717, 1.165) is 6.07 Å². The van der Waals surface area contributed by atoms with Crippen LogP contribution in [-0.4, -0.2) is 16.0 Å². The fourth-order valence-electron chi connectivity index (χ4n) is 0.965. The molecule has 0 spiro atoms. The van der Waals surface area contributed by atoms with E-state index in [2.05, 4.69) is 0 Å². The molecule has 1 unspecified atom stereocenters. The number of hydrogen-bond donors (Lipinski definition) is 2. The third-order valence-corrected chi connectivity index (χ3v) is 2.19. The lowest BCUT2D eigenvalue weighted by atomic mass is 10.1. The number of Topliss-reactive ketones (excluding diaryl/α,β-unsaturated/α-hetero) is 1. The number of alkyl halides is 1. The van der Waals surface area contributed by atoms with Crippen LogP contribution >= 0.6 is 11.6 Å². The normalized spacial score (nSPS) is 12.5. The van der Waals surface area contributed by atoms with E-state index in [4.69, 9.17) is 16.7 Å². The SMILES string of the molecule is CC(=O)C(Cl)c1ccc(O)cc1O. The first kappa shape index (κ1) is 9.86. The van der Waals surface area contributed by atoms with Crippen molar-refractivity contribution in [2.45, 2.75) is 12.3 Å². The fraction of sp³-hybridized carbons (Fsp3) is 0.222. The smallest absolute Gasteiger partial charge is 0.152 e. The predicted molar refractivity (Wildman–Crippen MR) is 49.0 cm³/mol. The molecule has 2 N–H and O–H groups in total. The van der Waals surface area contributed by atoms with Crippen LogP contribution in [0.3, 0.4) is 0 Å². The molecule has 0 saturated carbocycles. The van der Waals surface area contributed by atoms with Gasteiger partial charge in [0.2, 0.25) is 0 Å². The molecule has 13 heavy (non-hydrogen) atoms. The maximum atomic E-state index is 10.9. The van der Waals surface area contributed by atoms with Crippen LogP contribution in [0.5, 0.6) is 11.5 Å². The Kier molecular flexibility index (Phi) is 2.78. The van der Waals surface area contributed by atoms with E-state index in [0.29, 0.717) is 5.56 Å². The van der Waals surface area contributed by atoms with Gasteiger partial charge in [0.05, 0.1) is 0 Å². The number of aromatic hydroxyl groups is 2. The highest BCUT2D eigenvalue weighted by atomic mass is 35.5. The van der Waals surface area contributed by atoms with Gasteiger partial charge in [-0.1, -0.05) is 0 Å². The highest BCUT2D eigenvalue weighted by Gasteiger charge is 2.16. The third kappa shape index (κ3) is 2.12. The molecule has 0 radical (unpaired) electrons. The Bertz CT molecular complexity index is 336. The molecule has 3 nitrogen and oxygen atoms in total. The van der Waals surface area contributed by atoms with Crippen LogP contribution in [0.15, 0.2) is 18.2 Å². The van der Waals surface area contributed by atoms with Gasteiger partial charge in [-0.05, 0) is 19.1 Å². The maximum Gasteiger partial charge on any atom is 0.152 e. The van der Waals surface area contributed by atoms with Gasteiger partial charge >= 0.3 is 0 Å². The van der Waals surface area contributed by atoms with Crippen molar-refractivity contribution in [2.24, 2.45) is 0 Å². The second-order valence-electron chi connectivity index (χ2n) is 2.72. The molecule has 0 aliphatic heterocycles. The number of hydrogen-bond acceptors (Lipinski definition) is 3. The van der Waals surface area contributed by atoms with Crippen molar-refractivity contribution in [1.82, 2.24) is 0 Å². The topological polar surface area (TPSA) is 57.5 Å². The second-order valence-corrected chi connectivity index (χ2v) is 3.15. The molecule has 0 aliphatic carbocycles. The van der Waals surface area contributed by atoms with Crippen molar-refractivity contribution >= 4 is 17.4 Å². The first-order chi connectivity index (χ1) is 6.02. The maximum absolute atomic E-state index is 10.9. The highest BCUT2D eigenvalue weighted by molar-refractivity contribution is 6.31. The summed E-state index contributed by atoms with van der Waals surface area (Å²) in [6, 6.07) is 3.94. The lowest BCUT2D eigenvalue weighted by Crippen LogP contribution is -2.01. The van der Waals surface area contributed by atoms with E-state index in [1.54, 1.807) is 0 Å². The summed E-state index contributed by atoms with van der Waals surface area (Å²) in [6.45, 7) is 1.34. The van der Waals surface area contributed by atoms with Gasteiger partial charge in [0.25, 0.3) is 0 Å². The Morgan fingerprint density at radius 3 is 2.54 bits per heavy atom. The van der Waals surface area contributed by atoms with Crippen LogP contribution in [0, 0.1) is 0 Å². The second kappa shape index (κ2) is 3.66. The van der Waals surface area contributed by atoms with Crippen molar-refractivity contribution < 1.29 is 15.0 Å². The van der Waals surface area contributed by atoms with Crippen LogP contribution < -0.4 is 0 Å². The summed E-state index contributed by atoms with van der Waals surface area (Å²) in [6.07, 6.45) is 0. The van der Waals surface area contributed by atoms with Crippen molar-refractivity contribution in [1.29, 1.82) is 0 Å². The quantitative estimate of drug-likeness (QED) is 0.718. The number of benzene rings is 1. The van der Waals surface area contributed by atoms with Gasteiger partial charge in [-0.15, -0.1) is 11.6 Å². The summed E-state index contributed by atoms with van der Waals surface area (Å²) in [5.74, 6) is -0.480. The lowest BCUT2D eigenvalue weighted by molar-refractivity contribution is -0.116. The number of phenols is 2. The summed E-state index contributed by atoms with van der Waals surface area (Å²) >= 11 is 5.71. The molecular weight excluding hydrogens is 192 g/mol. The largest absolute Gasteiger partial charge is 0.508 e. The molecule has 0 amide bonds. The van der Waals surface area contributed by atoms with Gasteiger partial charge in [0.15, 0.2) is 5.78 Å². The van der Waals surface area contributed by atoms with Crippen LogP contribution in [0.2, 0.25) is 0 Å². The van der Waals surface area contributed by atoms with E-state index in [1.807, 2.05) is 0 Å². The third-order valence-electron chi connectivity index (χ3n) is 1.64. The number of carbonyl (C=O) groups excluding carboxylic acids is 1. The van der Waals surface area contributed by atoms with Gasteiger partial charge in [0, 0.05) is 11.6 Å². The lowest BCUT2D eigenvalue weighted by Gasteiger charge is -2.07. The monoisotopic (exact) mass is 200 g/mol. The molecule has 4 heteroatoms. The number of halogens is 1. The number of phenolic OH excluding ortho intramolecular Hbond substituents is 2. The Hall–Kier alpha value is -1.22. The van der Waals surface area contributed by atoms with Gasteiger partial charge in [-0.3, -0.25) is 4.79 Å². The molecule has 70 valence electrons. The molecule has 0 fully saturated rings. The van der Waals surface area contributed by atoms with Gasteiger partial charge in [-0.25, -0.2) is 0 Å². The van der Waals surface area contributed by atoms with Crippen molar-refractivity contribution in [2.75, 3.05) is 0 Å². The Morgan fingerprint density at radius 2 is 2.08 bits per heavy atom. The van der Waals surface area contributed by atoms with E-state index in [1.165, 1.54) is 19.1 Å². The first-order valence-electron chi connectivity index (χ1n) is 3.68. The van der Waals surface area contributed by atoms with E-state index >= 15 is 0 Å². The molecule has 0 bridgehead atoms. The molecule has 1 rings (SSSR count). The number of ketones is 1. The van der Waals surface area contributed by atoms with E-state index in [9.17, 15) is 9.90 Å². The average Bonchev–Trinajstić information content (AvgIpc) is 2.03. The van der Waals surface area contributed by atoms with Crippen LogP contribution in [0.25, 0.3) is 0 Å². The van der Waals surface area contributed by atoms with Gasteiger partial charge < -0.3 is 10.2 Å². The molecule has 0 saturated heterocycles. The zero-order valence-corrected chi connectivity index (χ0v) is 7.75. The Labute approximate surface area is 80.6 Å². The molecule has 0 heterocycles. The summed E-state index contributed by atoms with van der Waals surface area (Å²) in [5.41, 5.74) is 0.312. The summed E-state index contributed by atoms with van der Waals surface area (Å²) in [5, 5.41) is 17.4. The minimum Gasteiger partial charge on any atom is -0.508 e. The highest BCUT2D eigenvalue weighted by Crippen LogP contribution is 2.31. The molecular formula is C9H9ClO3. The Morgan fingerprint density at radius 1 is 1.46 bits per heavy atom. The minimum atomic E-state index is -0.861. The van der Waals surface area contributed by atoms with E-state index < -0.39 is 5.38 Å². The number of rotatable bonds is 2. The summed E-state index contributed by atoms with van der Waals surface area (Å²) in [7, 11) is 0. The van der Waals surface area contributed by atoms with Crippen molar-refractivity contribution in [3.05, 3.63) is 23.8 Å². The van der Waals surface area contributed by atoms with Crippen LogP contribution in [0.4, 0.5) is 0 Å². The van der Waals surface area contributed by atoms with Crippen molar-refractivity contribution in [3.63, 3.8) is 0 Å². The minimum absolute atomic E-state index is 0.0614. The van der Waals surface area contributed by atoms with E-state index in [-0.39, 0.29) is 17.3 Å². The summed E-state index contributed by atoms with van der Waals surface area (Å²) in [4.78, 5) is 10.9. The predicted octanol–water partition coefficient (Wildman–Crippen LogP) is 1.97. The molecule has 1 aromatic rings. The molecule has 1 aromatic carbocycles. The van der Waals surface area contributed by atoms with Gasteiger partial charge in [0.1, 0.15) is 16.9 Å². The van der Waals surface area contributed by atoms with Crippen molar-refractivity contribution in [3.8, 4) is 11.5 Å². The van der Waals surface area contributed by atoms with Crippen LogP contribution in [0.1, 0.15) is 17.9 Å². The zero-order valence-electron chi connectivity index (χ0n) is 6.99. The molecule has 0 aliphatic rings. The average molecular weight is 201 g/mol. The standard InChI is InChI=1S/C9H9ClO3/c1-5(11)9(10)7-3-2-6(12)4-8(7)13/h2-4,9,12-13H,1H3.